The lowest BCUT2D eigenvalue weighted by Gasteiger charge is -2.33. The molecule has 0 aromatic heterocycles. The topological polar surface area (TPSA) is 67.6 Å². The highest BCUT2D eigenvalue weighted by Crippen LogP contribution is 2.37. The lowest BCUT2D eigenvalue weighted by Crippen LogP contribution is -2.49. The van der Waals surface area contributed by atoms with E-state index in [4.69, 9.17) is 4.74 Å². The molecule has 0 unspecified atom stereocenters. The third-order valence-electron chi connectivity index (χ3n) is 3.17. The van der Waals surface area contributed by atoms with Gasteiger partial charge >= 0.3 is 5.69 Å². The summed E-state index contributed by atoms with van der Waals surface area (Å²) in [6.45, 7) is 6.67. The number of hydrogen-bond donors (Lipinski definition) is 1. The lowest BCUT2D eigenvalue weighted by molar-refractivity contribution is -0.385. The normalized spacial score (nSPS) is 19.3. The SMILES string of the molecule is CCOc1cccc(N2CCN[C@@H](C)C2)c1[N+](=O)[O-]. The van der Waals surface area contributed by atoms with Gasteiger partial charge in [-0.15, -0.1) is 0 Å². The summed E-state index contributed by atoms with van der Waals surface area (Å²) in [7, 11) is 0. The number of nitrogens with zero attached hydrogens (tertiary/aromatic N) is 2. The van der Waals surface area contributed by atoms with Crippen molar-refractivity contribution in [2.24, 2.45) is 0 Å². The van der Waals surface area contributed by atoms with Gasteiger partial charge in [0.25, 0.3) is 0 Å². The van der Waals surface area contributed by atoms with Gasteiger partial charge in [-0.25, -0.2) is 0 Å². The third kappa shape index (κ3) is 2.96. The van der Waals surface area contributed by atoms with E-state index in [1.807, 2.05) is 11.8 Å². The van der Waals surface area contributed by atoms with Crippen LogP contribution in [0.3, 0.4) is 0 Å². The van der Waals surface area contributed by atoms with Crippen LogP contribution >= 0.6 is 0 Å². The summed E-state index contributed by atoms with van der Waals surface area (Å²) in [5.41, 5.74) is 0.711. The highest BCUT2D eigenvalue weighted by Gasteiger charge is 2.27. The van der Waals surface area contributed by atoms with Crippen molar-refractivity contribution in [1.82, 2.24) is 5.32 Å². The molecular weight excluding hydrogens is 246 g/mol. The number of para-hydroxylation sites is 1. The van der Waals surface area contributed by atoms with Gasteiger partial charge in [0.15, 0.2) is 5.75 Å². The predicted molar refractivity (Wildman–Crippen MR) is 73.9 cm³/mol. The monoisotopic (exact) mass is 265 g/mol. The maximum Gasteiger partial charge on any atom is 0.333 e. The van der Waals surface area contributed by atoms with Crippen molar-refractivity contribution < 1.29 is 9.66 Å². The zero-order valence-electron chi connectivity index (χ0n) is 11.3. The Morgan fingerprint density at radius 1 is 1.58 bits per heavy atom. The van der Waals surface area contributed by atoms with Crippen molar-refractivity contribution in [1.29, 1.82) is 0 Å². The molecule has 0 amide bonds. The van der Waals surface area contributed by atoms with Crippen LogP contribution in [0.2, 0.25) is 0 Å². The highest BCUT2D eigenvalue weighted by atomic mass is 16.6. The Morgan fingerprint density at radius 2 is 2.37 bits per heavy atom. The van der Waals surface area contributed by atoms with E-state index in [0.29, 0.717) is 24.1 Å². The Balaban J connectivity index is 2.38. The molecule has 1 saturated heterocycles. The number of nitrogens with one attached hydrogen (secondary N) is 1. The first kappa shape index (κ1) is 13.6. The quantitative estimate of drug-likeness (QED) is 0.664. The van der Waals surface area contributed by atoms with Crippen LogP contribution in [0.5, 0.6) is 5.75 Å². The number of ether oxygens (including phenoxy) is 1. The predicted octanol–water partition coefficient (Wildman–Crippen LogP) is 1.79. The maximum atomic E-state index is 11.3. The van der Waals surface area contributed by atoms with Crippen LogP contribution in [0.4, 0.5) is 11.4 Å². The van der Waals surface area contributed by atoms with Crippen LogP contribution in [-0.2, 0) is 0 Å². The molecular formula is C13H19N3O3. The minimum atomic E-state index is -0.354. The zero-order valence-corrected chi connectivity index (χ0v) is 11.3. The fraction of sp³-hybridized carbons (Fsp3) is 0.538. The van der Waals surface area contributed by atoms with E-state index in [-0.39, 0.29) is 10.6 Å². The summed E-state index contributed by atoms with van der Waals surface area (Å²) in [5.74, 6) is 0.344. The molecule has 2 rings (SSSR count). The molecule has 1 aliphatic rings. The van der Waals surface area contributed by atoms with Gasteiger partial charge in [-0.1, -0.05) is 6.07 Å². The second kappa shape index (κ2) is 5.88. The van der Waals surface area contributed by atoms with Crippen molar-refractivity contribution in [2.75, 3.05) is 31.1 Å². The van der Waals surface area contributed by atoms with E-state index < -0.39 is 0 Å². The molecule has 1 N–H and O–H groups in total. The maximum absolute atomic E-state index is 11.3. The summed E-state index contributed by atoms with van der Waals surface area (Å²) in [6, 6.07) is 5.57. The molecule has 6 heteroatoms. The number of nitro benzene ring substituents is 1. The van der Waals surface area contributed by atoms with Crippen LogP contribution in [0.1, 0.15) is 13.8 Å². The minimum Gasteiger partial charge on any atom is -0.487 e. The van der Waals surface area contributed by atoms with Gasteiger partial charge < -0.3 is 15.0 Å². The van der Waals surface area contributed by atoms with Crippen LogP contribution in [0, 0.1) is 10.1 Å². The molecule has 0 bridgehead atoms. The van der Waals surface area contributed by atoms with E-state index in [9.17, 15) is 10.1 Å². The number of piperazine rings is 1. The second-order valence-electron chi connectivity index (χ2n) is 4.62. The molecule has 1 heterocycles. The zero-order chi connectivity index (χ0) is 13.8. The molecule has 19 heavy (non-hydrogen) atoms. The fourth-order valence-corrected chi connectivity index (χ4v) is 2.37. The van der Waals surface area contributed by atoms with Gasteiger partial charge in [0.2, 0.25) is 0 Å². The van der Waals surface area contributed by atoms with Gasteiger partial charge in [-0.05, 0) is 26.0 Å². The summed E-state index contributed by atoms with van der Waals surface area (Å²) in [6.07, 6.45) is 0. The van der Waals surface area contributed by atoms with Crippen LogP contribution in [0.25, 0.3) is 0 Å². The van der Waals surface area contributed by atoms with Crippen molar-refractivity contribution in [3.8, 4) is 5.75 Å². The van der Waals surface area contributed by atoms with Crippen LogP contribution in [-0.4, -0.2) is 37.2 Å². The van der Waals surface area contributed by atoms with Crippen LogP contribution in [0.15, 0.2) is 18.2 Å². The summed E-state index contributed by atoms with van der Waals surface area (Å²) in [4.78, 5) is 13.0. The van der Waals surface area contributed by atoms with Gasteiger partial charge in [-0.3, -0.25) is 10.1 Å². The van der Waals surface area contributed by atoms with E-state index in [1.54, 1.807) is 18.2 Å². The highest BCUT2D eigenvalue weighted by molar-refractivity contribution is 5.70. The number of rotatable bonds is 4. The fourth-order valence-electron chi connectivity index (χ4n) is 2.37. The molecule has 1 fully saturated rings. The summed E-state index contributed by atoms with van der Waals surface area (Å²) in [5, 5.41) is 14.7. The molecule has 0 saturated carbocycles. The summed E-state index contributed by atoms with van der Waals surface area (Å²) < 4.78 is 5.37. The molecule has 0 radical (unpaired) electrons. The van der Waals surface area contributed by atoms with Gasteiger partial charge in [-0.2, -0.15) is 0 Å². The van der Waals surface area contributed by atoms with E-state index in [0.717, 1.165) is 19.6 Å². The van der Waals surface area contributed by atoms with Gasteiger partial charge in [0.1, 0.15) is 5.69 Å². The van der Waals surface area contributed by atoms with Crippen molar-refractivity contribution in [3.05, 3.63) is 28.3 Å². The standard InChI is InChI=1S/C13H19N3O3/c1-3-19-12-6-4-5-11(13(12)16(17)18)15-8-7-14-10(2)9-15/h4-6,10,14H,3,7-9H2,1-2H3/t10-/m0/s1. The number of benzene rings is 1. The molecule has 0 spiro atoms. The smallest absolute Gasteiger partial charge is 0.333 e. The Kier molecular flexibility index (Phi) is 4.21. The van der Waals surface area contributed by atoms with E-state index in [2.05, 4.69) is 12.2 Å². The molecule has 1 aromatic rings. The molecule has 1 aromatic carbocycles. The first-order chi connectivity index (χ1) is 9.13. The minimum absolute atomic E-state index is 0.0680. The van der Waals surface area contributed by atoms with Crippen LogP contribution < -0.4 is 15.0 Å². The number of hydrogen-bond acceptors (Lipinski definition) is 5. The van der Waals surface area contributed by atoms with Gasteiger partial charge in [0.05, 0.1) is 11.5 Å². The molecule has 104 valence electrons. The average Bonchev–Trinajstić information content (AvgIpc) is 2.38. The molecule has 1 atom stereocenters. The Bertz CT molecular complexity index is 464. The van der Waals surface area contributed by atoms with Crippen molar-refractivity contribution in [3.63, 3.8) is 0 Å². The average molecular weight is 265 g/mol. The third-order valence-corrected chi connectivity index (χ3v) is 3.17. The largest absolute Gasteiger partial charge is 0.487 e. The molecule has 6 nitrogen and oxygen atoms in total. The number of anilines is 1. The molecule has 0 aliphatic carbocycles. The van der Waals surface area contributed by atoms with Crippen molar-refractivity contribution >= 4 is 11.4 Å². The number of nitro groups is 1. The second-order valence-corrected chi connectivity index (χ2v) is 4.62. The Morgan fingerprint density at radius 3 is 3.00 bits per heavy atom. The first-order valence-electron chi connectivity index (χ1n) is 6.52. The summed E-state index contributed by atoms with van der Waals surface area (Å²) >= 11 is 0. The lowest BCUT2D eigenvalue weighted by atomic mass is 10.1. The Labute approximate surface area is 112 Å². The van der Waals surface area contributed by atoms with Crippen molar-refractivity contribution in [2.45, 2.75) is 19.9 Å². The van der Waals surface area contributed by atoms with E-state index in [1.165, 1.54) is 0 Å². The van der Waals surface area contributed by atoms with Gasteiger partial charge in [0, 0.05) is 25.7 Å². The first-order valence-corrected chi connectivity index (χ1v) is 6.52. The molecule has 1 aliphatic heterocycles. The van der Waals surface area contributed by atoms with E-state index >= 15 is 0 Å². The Hall–Kier alpha value is -1.82.